The summed E-state index contributed by atoms with van der Waals surface area (Å²) in [7, 11) is 0. The molecule has 2 N–H and O–H groups in total. The Kier molecular flexibility index (Phi) is 5.20. The average molecular weight is 410 g/mol. The monoisotopic (exact) mass is 408 g/mol. The van der Waals surface area contributed by atoms with E-state index in [0.717, 1.165) is 21.2 Å². The molecule has 0 saturated heterocycles. The molecule has 0 aliphatic rings. The molecular formula is C16H14Br2N2O. The van der Waals surface area contributed by atoms with Gasteiger partial charge in [0, 0.05) is 15.6 Å². The number of hydrogen-bond acceptors (Lipinski definition) is 3. The van der Waals surface area contributed by atoms with Crippen LogP contribution in [-0.4, -0.2) is 10.1 Å². The van der Waals surface area contributed by atoms with Gasteiger partial charge in [0.2, 0.25) is 0 Å². The molecule has 5 heteroatoms. The van der Waals surface area contributed by atoms with E-state index < -0.39 is 0 Å². The van der Waals surface area contributed by atoms with Gasteiger partial charge in [0.1, 0.15) is 5.52 Å². The molecule has 0 saturated carbocycles. The summed E-state index contributed by atoms with van der Waals surface area (Å²) in [5.74, 6) is 0.139. The van der Waals surface area contributed by atoms with Gasteiger partial charge in [0.05, 0.1) is 16.7 Å². The second-order valence-electron chi connectivity index (χ2n) is 4.36. The molecule has 0 spiro atoms. The second-order valence-corrected chi connectivity index (χ2v) is 6.07. The van der Waals surface area contributed by atoms with Crippen LogP contribution in [0, 0.1) is 0 Å². The number of rotatable bonds is 5. The van der Waals surface area contributed by atoms with Crippen LogP contribution in [0.2, 0.25) is 0 Å². The number of halogens is 2. The first kappa shape index (κ1) is 15.8. The van der Waals surface area contributed by atoms with Crippen molar-refractivity contribution in [1.29, 1.82) is 0 Å². The van der Waals surface area contributed by atoms with Gasteiger partial charge in [0.15, 0.2) is 5.75 Å². The summed E-state index contributed by atoms with van der Waals surface area (Å²) >= 11 is 6.78. The SMILES string of the molecule is C=C/C=C\C(=C)NCc1ccc2c(Br)cc(Br)c(O)c2n1. The molecule has 21 heavy (non-hydrogen) atoms. The van der Waals surface area contributed by atoms with Gasteiger partial charge >= 0.3 is 0 Å². The second kappa shape index (κ2) is 6.91. The van der Waals surface area contributed by atoms with E-state index in [0.29, 0.717) is 16.5 Å². The molecule has 1 aromatic carbocycles. The van der Waals surface area contributed by atoms with E-state index in [1.54, 1.807) is 12.1 Å². The molecule has 1 heterocycles. The van der Waals surface area contributed by atoms with Crippen LogP contribution in [-0.2, 0) is 6.54 Å². The highest BCUT2D eigenvalue weighted by Crippen LogP contribution is 2.36. The molecule has 0 radical (unpaired) electrons. The van der Waals surface area contributed by atoms with E-state index in [9.17, 15) is 5.11 Å². The highest BCUT2D eigenvalue weighted by Gasteiger charge is 2.10. The minimum Gasteiger partial charge on any atom is -0.505 e. The Morgan fingerprint density at radius 1 is 1.33 bits per heavy atom. The Morgan fingerprint density at radius 2 is 2.10 bits per heavy atom. The van der Waals surface area contributed by atoms with E-state index in [4.69, 9.17) is 0 Å². The smallest absolute Gasteiger partial charge is 0.156 e. The Hall–Kier alpha value is -1.59. The maximum atomic E-state index is 10.1. The third-order valence-electron chi connectivity index (χ3n) is 2.84. The number of nitrogens with one attached hydrogen (secondary N) is 1. The van der Waals surface area contributed by atoms with Crippen LogP contribution in [0.25, 0.3) is 10.9 Å². The van der Waals surface area contributed by atoms with Crippen LogP contribution < -0.4 is 5.32 Å². The zero-order valence-corrected chi connectivity index (χ0v) is 14.4. The first-order valence-electron chi connectivity index (χ1n) is 6.21. The lowest BCUT2D eigenvalue weighted by atomic mass is 10.2. The molecule has 0 bridgehead atoms. The topological polar surface area (TPSA) is 45.1 Å². The van der Waals surface area contributed by atoms with Gasteiger partial charge in [-0.15, -0.1) is 0 Å². The van der Waals surface area contributed by atoms with Gasteiger partial charge in [-0.3, -0.25) is 0 Å². The number of pyridine rings is 1. The third-order valence-corrected chi connectivity index (χ3v) is 4.10. The van der Waals surface area contributed by atoms with E-state index in [1.807, 2.05) is 24.3 Å². The van der Waals surface area contributed by atoms with Crippen molar-refractivity contribution in [2.24, 2.45) is 0 Å². The molecule has 3 nitrogen and oxygen atoms in total. The normalized spacial score (nSPS) is 11.0. The fourth-order valence-electron chi connectivity index (χ4n) is 1.79. The molecular weight excluding hydrogens is 396 g/mol. The molecule has 0 unspecified atom stereocenters. The molecule has 0 aliphatic carbocycles. The molecule has 108 valence electrons. The van der Waals surface area contributed by atoms with Gasteiger partial charge in [0.25, 0.3) is 0 Å². The molecule has 0 atom stereocenters. The number of aromatic nitrogens is 1. The summed E-state index contributed by atoms with van der Waals surface area (Å²) in [6, 6.07) is 5.65. The lowest BCUT2D eigenvalue weighted by Crippen LogP contribution is -2.11. The molecule has 0 aliphatic heterocycles. The van der Waals surface area contributed by atoms with Crippen LogP contribution in [0.5, 0.6) is 5.75 Å². The summed E-state index contributed by atoms with van der Waals surface area (Å²) in [4.78, 5) is 4.49. The molecule has 0 fully saturated rings. The summed E-state index contributed by atoms with van der Waals surface area (Å²) < 4.78 is 1.49. The predicted octanol–water partition coefficient (Wildman–Crippen LogP) is 4.81. The van der Waals surface area contributed by atoms with Gasteiger partial charge in [-0.2, -0.15) is 0 Å². The lowest BCUT2D eigenvalue weighted by molar-refractivity contribution is 0.477. The van der Waals surface area contributed by atoms with Gasteiger partial charge in [-0.05, 0) is 40.2 Å². The number of fused-ring (bicyclic) bond motifs is 1. The molecule has 2 aromatic rings. The first-order chi connectivity index (χ1) is 10.0. The predicted molar refractivity (Wildman–Crippen MR) is 94.1 cm³/mol. The number of benzene rings is 1. The van der Waals surface area contributed by atoms with Crippen LogP contribution >= 0.6 is 31.9 Å². The Balaban J connectivity index is 2.27. The lowest BCUT2D eigenvalue weighted by Gasteiger charge is -2.09. The summed E-state index contributed by atoms with van der Waals surface area (Å²) in [5, 5.41) is 14.1. The molecule has 0 amide bonds. The van der Waals surface area contributed by atoms with E-state index in [1.165, 1.54) is 0 Å². The van der Waals surface area contributed by atoms with Crippen molar-refractivity contribution in [2.75, 3.05) is 0 Å². The van der Waals surface area contributed by atoms with Crippen molar-refractivity contribution in [3.63, 3.8) is 0 Å². The maximum absolute atomic E-state index is 10.1. The van der Waals surface area contributed by atoms with Crippen molar-refractivity contribution in [3.05, 3.63) is 69.9 Å². The standard InChI is InChI=1S/C16H14Br2N2O/c1-3-4-5-10(2)19-9-11-6-7-12-13(17)8-14(18)16(21)15(12)20-11/h3-8,19,21H,1-2,9H2/b5-4-. The highest BCUT2D eigenvalue weighted by atomic mass is 79.9. The Morgan fingerprint density at radius 3 is 2.81 bits per heavy atom. The maximum Gasteiger partial charge on any atom is 0.156 e. The summed E-state index contributed by atoms with van der Waals surface area (Å²) in [6.45, 7) is 8.01. The van der Waals surface area contributed by atoms with Gasteiger partial charge < -0.3 is 10.4 Å². The number of aromatic hydroxyl groups is 1. The van der Waals surface area contributed by atoms with Crippen molar-refractivity contribution >= 4 is 42.8 Å². The number of phenols is 1. The van der Waals surface area contributed by atoms with E-state index >= 15 is 0 Å². The Bertz CT molecular complexity index is 739. The number of hydrogen-bond donors (Lipinski definition) is 2. The average Bonchev–Trinajstić information content (AvgIpc) is 2.48. The minimum atomic E-state index is 0.139. The largest absolute Gasteiger partial charge is 0.505 e. The van der Waals surface area contributed by atoms with Gasteiger partial charge in [-0.1, -0.05) is 41.2 Å². The van der Waals surface area contributed by atoms with Crippen molar-refractivity contribution < 1.29 is 5.11 Å². The third kappa shape index (κ3) is 3.74. The fourth-order valence-corrected chi connectivity index (χ4v) is 3.06. The zero-order chi connectivity index (χ0) is 15.4. The van der Waals surface area contributed by atoms with Gasteiger partial charge in [-0.25, -0.2) is 4.98 Å². The zero-order valence-electron chi connectivity index (χ0n) is 11.2. The molecule has 2 rings (SSSR count). The summed E-state index contributed by atoms with van der Waals surface area (Å²) in [6.07, 6.45) is 5.33. The van der Waals surface area contributed by atoms with E-state index in [2.05, 4.69) is 55.3 Å². The minimum absolute atomic E-state index is 0.139. The summed E-state index contributed by atoms with van der Waals surface area (Å²) in [5.41, 5.74) is 2.15. The fraction of sp³-hybridized carbons (Fsp3) is 0.0625. The van der Waals surface area contributed by atoms with Crippen LogP contribution in [0.1, 0.15) is 5.69 Å². The quantitative estimate of drug-likeness (QED) is 0.696. The first-order valence-corrected chi connectivity index (χ1v) is 7.80. The van der Waals surface area contributed by atoms with Crippen LogP contribution in [0.4, 0.5) is 0 Å². The van der Waals surface area contributed by atoms with Crippen molar-refractivity contribution in [1.82, 2.24) is 10.3 Å². The number of phenolic OH excluding ortho intramolecular Hbond substituents is 1. The number of allylic oxidation sites excluding steroid dienone is 3. The Labute approximate surface area is 140 Å². The van der Waals surface area contributed by atoms with Crippen molar-refractivity contribution in [2.45, 2.75) is 6.54 Å². The highest BCUT2D eigenvalue weighted by molar-refractivity contribution is 9.11. The van der Waals surface area contributed by atoms with Crippen molar-refractivity contribution in [3.8, 4) is 5.75 Å². The van der Waals surface area contributed by atoms with Crippen LogP contribution in [0.15, 0.2) is 64.2 Å². The van der Waals surface area contributed by atoms with Crippen LogP contribution in [0.3, 0.4) is 0 Å². The van der Waals surface area contributed by atoms with E-state index in [-0.39, 0.29) is 5.75 Å². The number of nitrogens with zero attached hydrogens (tertiary/aromatic N) is 1. The molecule has 1 aromatic heterocycles.